The zero-order valence-electron chi connectivity index (χ0n) is 16.5. The number of hydrogen-bond donors (Lipinski definition) is 0. The molecule has 0 spiro atoms. The first-order chi connectivity index (χ1) is 15.4. The molecule has 6 rings (SSSR count). The van der Waals surface area contributed by atoms with Crippen LogP contribution in [-0.4, -0.2) is 9.36 Å². The van der Waals surface area contributed by atoms with E-state index in [1.54, 1.807) is 0 Å². The second kappa shape index (κ2) is 7.38. The lowest BCUT2D eigenvalue weighted by molar-refractivity contribution is 0.477. The van der Waals surface area contributed by atoms with E-state index >= 15 is 0 Å². The summed E-state index contributed by atoms with van der Waals surface area (Å²) in [5.41, 5.74) is 5.19. The second-order valence-corrected chi connectivity index (χ2v) is 7.96. The average molecular weight is 420 g/mol. The topological polar surface area (TPSA) is 38.2 Å². The molecule has 0 bridgehead atoms. The number of ether oxygens (including phenoxy) is 1. The summed E-state index contributed by atoms with van der Waals surface area (Å²) in [6, 6.07) is 34.7. The number of anilines is 3. The molecule has 0 N–H and O–H groups in total. The summed E-state index contributed by atoms with van der Waals surface area (Å²) in [5.74, 6) is 2.44. The third-order valence-electron chi connectivity index (χ3n) is 5.26. The maximum atomic E-state index is 6.11. The molecule has 0 radical (unpaired) electrons. The molecule has 31 heavy (non-hydrogen) atoms. The van der Waals surface area contributed by atoms with Gasteiger partial charge in [-0.3, -0.25) is 0 Å². The molecule has 1 aliphatic rings. The van der Waals surface area contributed by atoms with Crippen molar-refractivity contribution in [2.45, 2.75) is 0 Å². The van der Waals surface area contributed by atoms with Gasteiger partial charge >= 0.3 is 0 Å². The monoisotopic (exact) mass is 419 g/mol. The van der Waals surface area contributed by atoms with Crippen LogP contribution in [0.5, 0.6) is 11.5 Å². The van der Waals surface area contributed by atoms with E-state index in [4.69, 9.17) is 9.72 Å². The van der Waals surface area contributed by atoms with E-state index in [-0.39, 0.29) is 0 Å². The van der Waals surface area contributed by atoms with Crippen molar-refractivity contribution in [1.29, 1.82) is 0 Å². The first kappa shape index (κ1) is 17.9. The van der Waals surface area contributed by atoms with E-state index in [0.717, 1.165) is 50.5 Å². The predicted molar refractivity (Wildman–Crippen MR) is 126 cm³/mol. The number of hydrogen-bond acceptors (Lipinski definition) is 5. The number of rotatable bonds is 3. The smallest absolute Gasteiger partial charge is 0.173 e. The van der Waals surface area contributed by atoms with E-state index in [2.05, 4.69) is 57.8 Å². The third kappa shape index (κ3) is 3.16. The van der Waals surface area contributed by atoms with Gasteiger partial charge in [-0.2, -0.15) is 4.37 Å². The predicted octanol–water partition coefficient (Wildman–Crippen LogP) is 7.45. The summed E-state index contributed by atoms with van der Waals surface area (Å²) in [6.07, 6.45) is 0. The lowest BCUT2D eigenvalue weighted by Gasteiger charge is -2.32. The summed E-state index contributed by atoms with van der Waals surface area (Å²) < 4.78 is 10.7. The first-order valence-electron chi connectivity index (χ1n) is 10.0. The summed E-state index contributed by atoms with van der Waals surface area (Å²) in [5, 5.41) is 0.927. The SMILES string of the molecule is c1ccc(-c2nc(-c3ccc(N4c5ccccc5Oc5ccccc54)cc3)ns2)cc1. The molecule has 1 aromatic heterocycles. The highest BCUT2D eigenvalue weighted by Crippen LogP contribution is 2.50. The standard InChI is InChI=1S/C26H17N3OS/c1-2-8-19(9-3-1)26-27-25(28-31-26)18-14-16-20(17-15-18)29-21-10-4-6-12-23(21)30-24-13-7-5-11-22(24)29/h1-17H. The first-order valence-corrected chi connectivity index (χ1v) is 10.8. The number of fused-ring (bicyclic) bond motifs is 2. The van der Waals surface area contributed by atoms with Gasteiger partial charge in [0.2, 0.25) is 0 Å². The molecule has 0 amide bonds. The highest BCUT2D eigenvalue weighted by molar-refractivity contribution is 7.09. The van der Waals surface area contributed by atoms with E-state index in [1.165, 1.54) is 11.5 Å². The van der Waals surface area contributed by atoms with Gasteiger partial charge in [0.1, 0.15) is 5.01 Å². The Balaban J connectivity index is 1.37. The second-order valence-electron chi connectivity index (χ2n) is 7.21. The Morgan fingerprint density at radius 1 is 0.613 bits per heavy atom. The molecular formula is C26H17N3OS. The molecule has 0 saturated carbocycles. The van der Waals surface area contributed by atoms with Crippen molar-refractivity contribution in [2.24, 2.45) is 0 Å². The molecule has 0 fully saturated rings. The lowest BCUT2D eigenvalue weighted by atomic mass is 10.1. The van der Waals surface area contributed by atoms with Crippen LogP contribution in [0, 0.1) is 0 Å². The van der Waals surface area contributed by atoms with Crippen molar-refractivity contribution in [1.82, 2.24) is 9.36 Å². The van der Waals surface area contributed by atoms with Gasteiger partial charge in [-0.25, -0.2) is 4.98 Å². The molecule has 0 aliphatic carbocycles. The highest BCUT2D eigenvalue weighted by atomic mass is 32.1. The summed E-state index contributed by atoms with van der Waals surface area (Å²) in [4.78, 5) is 6.96. The van der Waals surface area contributed by atoms with Crippen molar-refractivity contribution >= 4 is 28.6 Å². The van der Waals surface area contributed by atoms with Gasteiger partial charge in [0.15, 0.2) is 17.3 Å². The van der Waals surface area contributed by atoms with E-state index in [0.29, 0.717) is 0 Å². The molecule has 0 unspecified atom stereocenters. The van der Waals surface area contributed by atoms with Gasteiger partial charge < -0.3 is 9.64 Å². The van der Waals surface area contributed by atoms with Crippen LogP contribution < -0.4 is 9.64 Å². The molecule has 0 saturated heterocycles. The Morgan fingerprint density at radius 2 is 1.23 bits per heavy atom. The minimum absolute atomic E-state index is 0.748. The Bertz CT molecular complexity index is 1320. The van der Waals surface area contributed by atoms with Gasteiger partial charge in [0, 0.05) is 16.8 Å². The molecular weight excluding hydrogens is 402 g/mol. The quantitative estimate of drug-likeness (QED) is 0.299. The maximum Gasteiger partial charge on any atom is 0.173 e. The molecule has 148 valence electrons. The molecule has 5 heteroatoms. The molecule has 5 aromatic rings. The normalized spacial score (nSPS) is 12.1. The fourth-order valence-electron chi connectivity index (χ4n) is 3.78. The van der Waals surface area contributed by atoms with Crippen molar-refractivity contribution in [3.63, 3.8) is 0 Å². The van der Waals surface area contributed by atoms with E-state index in [9.17, 15) is 0 Å². The molecule has 4 aromatic carbocycles. The minimum atomic E-state index is 0.748. The molecule has 1 aliphatic heterocycles. The van der Waals surface area contributed by atoms with Crippen LogP contribution in [0.2, 0.25) is 0 Å². The van der Waals surface area contributed by atoms with Crippen molar-refractivity contribution in [3.05, 3.63) is 103 Å². The van der Waals surface area contributed by atoms with Gasteiger partial charge in [0.05, 0.1) is 11.4 Å². The Labute approximate surface area is 184 Å². The van der Waals surface area contributed by atoms with Crippen LogP contribution in [0.1, 0.15) is 0 Å². The number of benzene rings is 4. The van der Waals surface area contributed by atoms with Crippen LogP contribution in [-0.2, 0) is 0 Å². The zero-order valence-corrected chi connectivity index (χ0v) is 17.3. The fraction of sp³-hybridized carbons (Fsp3) is 0. The van der Waals surface area contributed by atoms with Gasteiger partial charge in [-0.1, -0.05) is 54.6 Å². The Morgan fingerprint density at radius 3 is 1.90 bits per heavy atom. The van der Waals surface area contributed by atoms with Gasteiger partial charge in [-0.05, 0) is 60.1 Å². The number of para-hydroxylation sites is 4. The third-order valence-corrected chi connectivity index (χ3v) is 6.03. The van der Waals surface area contributed by atoms with Crippen LogP contribution in [0.3, 0.4) is 0 Å². The Hall–Kier alpha value is -3.96. The highest BCUT2D eigenvalue weighted by Gasteiger charge is 2.25. The van der Waals surface area contributed by atoms with Gasteiger partial charge in [0.25, 0.3) is 0 Å². The van der Waals surface area contributed by atoms with Crippen LogP contribution in [0.4, 0.5) is 17.1 Å². The minimum Gasteiger partial charge on any atom is -0.453 e. The zero-order chi connectivity index (χ0) is 20.6. The van der Waals surface area contributed by atoms with E-state index in [1.807, 2.05) is 54.6 Å². The fourth-order valence-corrected chi connectivity index (χ4v) is 4.47. The number of aromatic nitrogens is 2. The molecule has 4 nitrogen and oxygen atoms in total. The largest absolute Gasteiger partial charge is 0.453 e. The number of nitrogens with zero attached hydrogens (tertiary/aromatic N) is 3. The van der Waals surface area contributed by atoms with Crippen LogP contribution in [0.15, 0.2) is 103 Å². The Kier molecular flexibility index (Phi) is 4.25. The summed E-state index contributed by atoms with van der Waals surface area (Å²) >= 11 is 1.42. The summed E-state index contributed by atoms with van der Waals surface area (Å²) in [7, 11) is 0. The van der Waals surface area contributed by atoms with Crippen LogP contribution >= 0.6 is 11.5 Å². The molecule has 2 heterocycles. The molecule has 0 atom stereocenters. The van der Waals surface area contributed by atoms with E-state index < -0.39 is 0 Å². The maximum absolute atomic E-state index is 6.11. The van der Waals surface area contributed by atoms with Crippen LogP contribution in [0.25, 0.3) is 22.0 Å². The van der Waals surface area contributed by atoms with Crippen molar-refractivity contribution in [3.8, 4) is 33.5 Å². The lowest BCUT2D eigenvalue weighted by Crippen LogP contribution is -2.15. The average Bonchev–Trinajstić information content (AvgIpc) is 3.34. The van der Waals surface area contributed by atoms with Crippen molar-refractivity contribution < 1.29 is 4.74 Å². The van der Waals surface area contributed by atoms with Gasteiger partial charge in [-0.15, -0.1) is 0 Å². The summed E-state index contributed by atoms with van der Waals surface area (Å²) in [6.45, 7) is 0. The van der Waals surface area contributed by atoms with Crippen molar-refractivity contribution in [2.75, 3.05) is 4.90 Å².